The first-order valence-corrected chi connectivity index (χ1v) is 13.5. The molecule has 0 saturated carbocycles. The van der Waals surface area contributed by atoms with E-state index in [0.29, 0.717) is 6.61 Å². The maximum Gasteiger partial charge on any atom is 0.401 e. The summed E-state index contributed by atoms with van der Waals surface area (Å²) in [4.78, 5) is 24.5. The van der Waals surface area contributed by atoms with Gasteiger partial charge < -0.3 is 19.9 Å². The van der Waals surface area contributed by atoms with Crippen LogP contribution in [0.2, 0.25) is 0 Å². The average molecular weight is 560 g/mol. The summed E-state index contributed by atoms with van der Waals surface area (Å²) >= 11 is 1.45. The van der Waals surface area contributed by atoms with Gasteiger partial charge in [0.15, 0.2) is 6.29 Å². The smallest absolute Gasteiger partial charge is 0.401 e. The van der Waals surface area contributed by atoms with Crippen LogP contribution in [0.15, 0.2) is 54.0 Å². The number of aldehydes is 1. The van der Waals surface area contributed by atoms with E-state index in [0.717, 1.165) is 83.1 Å². The number of thiophene rings is 1. The van der Waals surface area contributed by atoms with Gasteiger partial charge in [-0.2, -0.15) is 13.2 Å². The Morgan fingerprint density at radius 1 is 1.08 bits per heavy atom. The molecule has 0 bridgehead atoms. The monoisotopic (exact) mass is 559 g/mol. The molecule has 1 fully saturated rings. The van der Waals surface area contributed by atoms with E-state index >= 15 is 0 Å². The van der Waals surface area contributed by atoms with E-state index in [1.165, 1.54) is 18.4 Å². The minimum Gasteiger partial charge on any atom is -0.492 e. The van der Waals surface area contributed by atoms with E-state index < -0.39 is 12.7 Å². The molecule has 7 nitrogen and oxygen atoms in total. The summed E-state index contributed by atoms with van der Waals surface area (Å²) in [5.41, 5.74) is 4.99. The third-order valence-electron chi connectivity index (χ3n) is 6.35. The maximum absolute atomic E-state index is 11.0. The highest BCUT2D eigenvalue weighted by molar-refractivity contribution is 7.12. The van der Waals surface area contributed by atoms with E-state index in [2.05, 4.69) is 51.1 Å². The number of carbonyl (C=O) groups excluding carboxylic acids is 1. The molecule has 0 spiro atoms. The Balaban J connectivity index is 0.000000448. The van der Waals surface area contributed by atoms with Crippen LogP contribution in [-0.4, -0.2) is 92.2 Å². The molecule has 39 heavy (non-hydrogen) atoms. The zero-order chi connectivity index (χ0) is 27.8. The van der Waals surface area contributed by atoms with Gasteiger partial charge in [-0.25, -0.2) is 4.98 Å². The Morgan fingerprint density at radius 2 is 1.82 bits per heavy atom. The molecular weight excluding hydrogens is 527 g/mol. The van der Waals surface area contributed by atoms with Gasteiger partial charge in [-0.3, -0.25) is 9.69 Å². The van der Waals surface area contributed by atoms with Crippen molar-refractivity contribution in [2.24, 2.45) is 0 Å². The molecule has 2 N–H and O–H groups in total. The maximum atomic E-state index is 11.0. The summed E-state index contributed by atoms with van der Waals surface area (Å²) in [5.74, 6) is 0.892. The fourth-order valence-electron chi connectivity index (χ4n) is 4.19. The molecule has 0 amide bonds. The van der Waals surface area contributed by atoms with Crippen molar-refractivity contribution >= 4 is 28.7 Å². The van der Waals surface area contributed by atoms with Crippen molar-refractivity contribution < 1.29 is 22.7 Å². The third-order valence-corrected chi connectivity index (χ3v) is 7.21. The van der Waals surface area contributed by atoms with Crippen LogP contribution in [0, 0.1) is 0 Å². The van der Waals surface area contributed by atoms with E-state index in [-0.39, 0.29) is 0 Å². The number of aromatic amines is 1. The van der Waals surface area contributed by atoms with Crippen LogP contribution in [0.4, 0.5) is 13.2 Å². The molecule has 4 heterocycles. The molecule has 1 aliphatic rings. The van der Waals surface area contributed by atoms with Crippen molar-refractivity contribution in [3.63, 3.8) is 0 Å². The second kappa shape index (κ2) is 13.2. The van der Waals surface area contributed by atoms with Crippen LogP contribution < -0.4 is 10.1 Å². The Kier molecular flexibility index (Phi) is 9.73. The summed E-state index contributed by atoms with van der Waals surface area (Å²) in [6.45, 7) is 5.23. The number of fused-ring (bicyclic) bond motifs is 1. The number of halogens is 3. The Labute approximate surface area is 229 Å². The number of ether oxygens (including phenoxy) is 1. The SMILES string of the molecule is CN1CCN(CCOc2ccc(-c3cc4cc(-c5csc(C=O)c5)cnc4[nH]3)cc2)CC1.CNCC(F)(F)F. The van der Waals surface area contributed by atoms with Gasteiger partial charge in [-0.1, -0.05) is 0 Å². The summed E-state index contributed by atoms with van der Waals surface area (Å²) in [6.07, 6.45) is -1.33. The average Bonchev–Trinajstić information content (AvgIpc) is 3.57. The number of piperazine rings is 1. The van der Waals surface area contributed by atoms with Gasteiger partial charge in [0.25, 0.3) is 0 Å². The Bertz CT molecular complexity index is 1350. The summed E-state index contributed by atoms with van der Waals surface area (Å²) in [7, 11) is 3.43. The highest BCUT2D eigenvalue weighted by Gasteiger charge is 2.25. The minimum atomic E-state index is -4.06. The number of pyridine rings is 1. The highest BCUT2D eigenvalue weighted by Crippen LogP contribution is 2.30. The third kappa shape index (κ3) is 8.37. The number of alkyl halides is 3. The lowest BCUT2D eigenvalue weighted by Crippen LogP contribution is -2.45. The molecular formula is C28H32F3N5O2S. The molecule has 0 unspecified atom stereocenters. The second-order valence-corrected chi connectivity index (χ2v) is 10.3. The van der Waals surface area contributed by atoms with Gasteiger partial charge in [0.05, 0.1) is 11.4 Å². The number of hydrogen-bond donors (Lipinski definition) is 2. The lowest BCUT2D eigenvalue weighted by Gasteiger charge is -2.32. The Hall–Kier alpha value is -3.25. The number of nitrogens with zero attached hydrogens (tertiary/aromatic N) is 3. The van der Waals surface area contributed by atoms with Gasteiger partial charge in [-0.05, 0) is 73.1 Å². The quantitative estimate of drug-likeness (QED) is 0.291. The van der Waals surface area contributed by atoms with Crippen molar-refractivity contribution in [3.05, 3.63) is 58.9 Å². The number of likely N-dealkylation sites (N-methyl/N-ethyl adjacent to an activating group) is 1. The molecule has 1 saturated heterocycles. The van der Waals surface area contributed by atoms with E-state index in [1.54, 1.807) is 0 Å². The lowest BCUT2D eigenvalue weighted by atomic mass is 10.1. The zero-order valence-corrected chi connectivity index (χ0v) is 22.7. The molecule has 0 radical (unpaired) electrons. The van der Waals surface area contributed by atoms with Crippen LogP contribution >= 0.6 is 11.3 Å². The van der Waals surface area contributed by atoms with E-state index in [9.17, 15) is 18.0 Å². The van der Waals surface area contributed by atoms with Gasteiger partial charge in [0, 0.05) is 55.6 Å². The van der Waals surface area contributed by atoms with Gasteiger partial charge in [-0.15, -0.1) is 11.3 Å². The van der Waals surface area contributed by atoms with Crippen LogP contribution in [0.25, 0.3) is 33.4 Å². The second-order valence-electron chi connectivity index (χ2n) is 9.36. The normalized spacial score (nSPS) is 14.7. The number of aromatic nitrogens is 2. The van der Waals surface area contributed by atoms with Gasteiger partial charge >= 0.3 is 6.18 Å². The predicted molar refractivity (Wildman–Crippen MR) is 150 cm³/mol. The van der Waals surface area contributed by atoms with Gasteiger partial charge in [0.2, 0.25) is 0 Å². The molecule has 1 aliphatic heterocycles. The van der Waals surface area contributed by atoms with Crippen molar-refractivity contribution in [1.82, 2.24) is 25.1 Å². The molecule has 208 valence electrons. The first-order valence-electron chi connectivity index (χ1n) is 12.6. The van der Waals surface area contributed by atoms with Crippen LogP contribution in [0.3, 0.4) is 0 Å². The lowest BCUT2D eigenvalue weighted by molar-refractivity contribution is -0.123. The van der Waals surface area contributed by atoms with E-state index in [1.807, 2.05) is 35.1 Å². The van der Waals surface area contributed by atoms with Crippen molar-refractivity contribution in [1.29, 1.82) is 0 Å². The zero-order valence-electron chi connectivity index (χ0n) is 21.9. The number of hydrogen-bond acceptors (Lipinski definition) is 7. The number of H-pyrrole nitrogens is 1. The van der Waals surface area contributed by atoms with Crippen molar-refractivity contribution in [3.8, 4) is 28.1 Å². The first-order chi connectivity index (χ1) is 18.7. The largest absolute Gasteiger partial charge is 0.492 e. The number of rotatable bonds is 8. The fraction of sp³-hybridized carbons (Fsp3) is 0.357. The Morgan fingerprint density at radius 3 is 2.44 bits per heavy atom. The fourth-order valence-corrected chi connectivity index (χ4v) is 4.91. The molecule has 5 rings (SSSR count). The van der Waals surface area contributed by atoms with Crippen LogP contribution in [0.1, 0.15) is 9.67 Å². The van der Waals surface area contributed by atoms with Gasteiger partial charge in [0.1, 0.15) is 18.0 Å². The number of nitrogens with one attached hydrogen (secondary N) is 2. The van der Waals surface area contributed by atoms with Crippen LogP contribution in [0.5, 0.6) is 5.75 Å². The summed E-state index contributed by atoms with van der Waals surface area (Å²) in [5, 5.41) is 5.02. The highest BCUT2D eigenvalue weighted by atomic mass is 32.1. The predicted octanol–water partition coefficient (Wildman–Crippen LogP) is 5.17. The van der Waals surface area contributed by atoms with Crippen molar-refractivity contribution in [2.45, 2.75) is 6.18 Å². The molecule has 1 aromatic carbocycles. The molecule has 3 aromatic heterocycles. The topological polar surface area (TPSA) is 73.5 Å². The minimum absolute atomic E-state index is 0.705. The molecule has 11 heteroatoms. The number of benzene rings is 1. The van der Waals surface area contributed by atoms with Crippen molar-refractivity contribution in [2.75, 3.05) is 60.0 Å². The number of carbonyl (C=O) groups is 1. The molecule has 0 atom stereocenters. The summed E-state index contributed by atoms with van der Waals surface area (Å²) < 4.78 is 38.9. The van der Waals surface area contributed by atoms with E-state index in [4.69, 9.17) is 4.74 Å². The summed E-state index contributed by atoms with van der Waals surface area (Å²) in [6, 6.07) is 14.3. The first kappa shape index (κ1) is 28.8. The standard InChI is InChI=1S/C25H26N4O2S.C3H6F3N/c1-28-6-8-29(9-7-28)10-11-31-22-4-2-18(3-5-22)24-14-19-12-20(15-26-25(19)27-24)21-13-23(16-30)32-17-21;1-7-2-3(4,5)6/h2-5,12-17H,6-11H2,1H3,(H,26,27);7H,2H2,1H3. The van der Waals surface area contributed by atoms with Crippen LogP contribution in [-0.2, 0) is 0 Å². The molecule has 0 aliphatic carbocycles. The molecule has 4 aromatic rings.